The highest BCUT2D eigenvalue weighted by Gasteiger charge is 2.34. The Morgan fingerprint density at radius 1 is 1.30 bits per heavy atom. The van der Waals surface area contributed by atoms with Gasteiger partial charge in [-0.1, -0.05) is 22.9 Å². The summed E-state index contributed by atoms with van der Waals surface area (Å²) in [5.74, 6) is 3.16. The topological polar surface area (TPSA) is 51.4 Å². The van der Waals surface area contributed by atoms with Crippen LogP contribution in [0.4, 0.5) is 0 Å². The number of benzene rings is 1. The van der Waals surface area contributed by atoms with Crippen LogP contribution in [-0.2, 0) is 6.54 Å². The number of rotatable bonds is 5. The Labute approximate surface area is 136 Å². The number of aromatic nitrogens is 2. The summed E-state index contributed by atoms with van der Waals surface area (Å²) in [6.45, 7) is 4.05. The van der Waals surface area contributed by atoms with Crippen LogP contribution in [0.15, 0.2) is 22.7 Å². The van der Waals surface area contributed by atoms with Gasteiger partial charge in [-0.15, -0.1) is 0 Å². The molecule has 122 valence electrons. The summed E-state index contributed by atoms with van der Waals surface area (Å²) in [4.78, 5) is 7.10. The van der Waals surface area contributed by atoms with E-state index in [9.17, 15) is 0 Å². The first kappa shape index (κ1) is 14.7. The summed E-state index contributed by atoms with van der Waals surface area (Å²) in [6, 6.07) is 6.61. The van der Waals surface area contributed by atoms with E-state index in [0.717, 1.165) is 37.0 Å². The predicted octanol–water partition coefficient (Wildman–Crippen LogP) is 3.60. The standard InChI is InChI=1S/C18H23N3O2/c1-12-5-8-16(22-2)14(10-12)11-21-9-3-4-15(21)17-19-18(23-20-17)13-6-7-13/h5,8,10,13,15H,3-4,6-7,9,11H2,1-2H3/t15-/m0/s1. The zero-order chi connectivity index (χ0) is 15.8. The number of hydrogen-bond acceptors (Lipinski definition) is 5. The average Bonchev–Trinajstić information content (AvgIpc) is 3.10. The van der Waals surface area contributed by atoms with Gasteiger partial charge in [0.15, 0.2) is 5.82 Å². The maximum atomic E-state index is 5.52. The molecule has 0 amide bonds. The lowest BCUT2D eigenvalue weighted by Crippen LogP contribution is -2.24. The number of ether oxygens (including phenoxy) is 1. The third kappa shape index (κ3) is 2.98. The van der Waals surface area contributed by atoms with Crippen LogP contribution in [0, 0.1) is 6.92 Å². The minimum atomic E-state index is 0.261. The summed E-state index contributed by atoms with van der Waals surface area (Å²) in [5, 5.41) is 4.25. The van der Waals surface area contributed by atoms with Crippen molar-refractivity contribution in [3.8, 4) is 5.75 Å². The third-order valence-electron chi connectivity index (χ3n) is 4.86. The number of nitrogens with zero attached hydrogens (tertiary/aromatic N) is 3. The van der Waals surface area contributed by atoms with Crippen LogP contribution >= 0.6 is 0 Å². The van der Waals surface area contributed by atoms with Crippen LogP contribution in [0.5, 0.6) is 5.75 Å². The Bertz CT molecular complexity index is 693. The Morgan fingerprint density at radius 2 is 2.17 bits per heavy atom. The lowest BCUT2D eigenvalue weighted by atomic mass is 10.1. The predicted molar refractivity (Wildman–Crippen MR) is 86.4 cm³/mol. The minimum Gasteiger partial charge on any atom is -0.496 e. The second-order valence-electron chi connectivity index (χ2n) is 6.71. The highest BCUT2D eigenvalue weighted by Crippen LogP contribution is 2.40. The van der Waals surface area contributed by atoms with Gasteiger partial charge in [-0.25, -0.2) is 0 Å². The molecule has 5 heteroatoms. The summed E-state index contributed by atoms with van der Waals surface area (Å²) in [6.07, 6.45) is 4.65. The molecule has 0 N–H and O–H groups in total. The van der Waals surface area contributed by atoms with Crippen molar-refractivity contribution in [1.82, 2.24) is 15.0 Å². The van der Waals surface area contributed by atoms with Crippen molar-refractivity contribution in [1.29, 1.82) is 0 Å². The molecule has 1 aliphatic heterocycles. The second-order valence-corrected chi connectivity index (χ2v) is 6.71. The van der Waals surface area contributed by atoms with Crippen LogP contribution in [0.1, 0.15) is 60.5 Å². The molecule has 1 atom stereocenters. The Morgan fingerprint density at radius 3 is 2.96 bits per heavy atom. The maximum absolute atomic E-state index is 5.52. The molecule has 5 nitrogen and oxygen atoms in total. The molecule has 1 saturated carbocycles. The molecule has 1 aromatic carbocycles. The summed E-state index contributed by atoms with van der Waals surface area (Å²) >= 11 is 0. The van der Waals surface area contributed by atoms with Gasteiger partial charge >= 0.3 is 0 Å². The molecule has 1 aromatic heterocycles. The molecular formula is C18H23N3O2. The van der Waals surface area contributed by atoms with E-state index < -0.39 is 0 Å². The molecule has 23 heavy (non-hydrogen) atoms. The van der Waals surface area contributed by atoms with E-state index in [2.05, 4.69) is 40.2 Å². The molecule has 1 aliphatic carbocycles. The van der Waals surface area contributed by atoms with E-state index in [1.807, 2.05) is 0 Å². The average molecular weight is 313 g/mol. The molecule has 1 saturated heterocycles. The van der Waals surface area contributed by atoms with Gasteiger partial charge in [0.2, 0.25) is 5.89 Å². The zero-order valence-electron chi connectivity index (χ0n) is 13.8. The third-order valence-corrected chi connectivity index (χ3v) is 4.86. The fourth-order valence-corrected chi connectivity index (χ4v) is 3.44. The van der Waals surface area contributed by atoms with Gasteiger partial charge in [0.1, 0.15) is 5.75 Å². The molecule has 2 aromatic rings. The summed E-state index contributed by atoms with van der Waals surface area (Å²) < 4.78 is 11.0. The van der Waals surface area contributed by atoms with Crippen LogP contribution in [-0.4, -0.2) is 28.7 Å². The lowest BCUT2D eigenvalue weighted by Gasteiger charge is -2.23. The van der Waals surface area contributed by atoms with Crippen molar-refractivity contribution in [3.63, 3.8) is 0 Å². The largest absolute Gasteiger partial charge is 0.496 e. The van der Waals surface area contributed by atoms with Crippen molar-refractivity contribution in [3.05, 3.63) is 41.0 Å². The number of methoxy groups -OCH3 is 1. The second kappa shape index (κ2) is 5.96. The fraction of sp³-hybridized carbons (Fsp3) is 0.556. The first-order valence-electron chi connectivity index (χ1n) is 8.45. The molecule has 4 rings (SSSR count). The molecule has 0 unspecified atom stereocenters. The number of aryl methyl sites for hydroxylation is 1. The van der Waals surface area contributed by atoms with Crippen molar-refractivity contribution in [2.45, 2.75) is 51.1 Å². The van der Waals surface area contributed by atoms with Gasteiger partial charge in [0.05, 0.1) is 13.2 Å². The van der Waals surface area contributed by atoms with Crippen molar-refractivity contribution < 1.29 is 9.26 Å². The normalized spacial score (nSPS) is 21.7. The van der Waals surface area contributed by atoms with Gasteiger partial charge < -0.3 is 9.26 Å². The van der Waals surface area contributed by atoms with E-state index in [-0.39, 0.29) is 6.04 Å². The van der Waals surface area contributed by atoms with Crippen molar-refractivity contribution >= 4 is 0 Å². The zero-order valence-corrected chi connectivity index (χ0v) is 13.8. The number of hydrogen-bond donors (Lipinski definition) is 0. The van der Waals surface area contributed by atoms with Gasteiger partial charge in [0, 0.05) is 18.0 Å². The first-order valence-corrected chi connectivity index (χ1v) is 8.45. The van der Waals surface area contributed by atoms with Crippen LogP contribution in [0.3, 0.4) is 0 Å². The highest BCUT2D eigenvalue weighted by molar-refractivity contribution is 5.37. The van der Waals surface area contributed by atoms with Crippen molar-refractivity contribution in [2.24, 2.45) is 0 Å². The summed E-state index contributed by atoms with van der Waals surface area (Å²) in [7, 11) is 1.73. The monoisotopic (exact) mass is 313 g/mol. The van der Waals surface area contributed by atoms with E-state index >= 15 is 0 Å². The molecule has 2 aliphatic rings. The lowest BCUT2D eigenvalue weighted by molar-refractivity contribution is 0.230. The van der Waals surface area contributed by atoms with E-state index in [1.54, 1.807) is 7.11 Å². The van der Waals surface area contributed by atoms with Gasteiger partial charge in [-0.3, -0.25) is 4.90 Å². The Kier molecular flexibility index (Phi) is 3.81. The quantitative estimate of drug-likeness (QED) is 0.844. The van der Waals surface area contributed by atoms with Crippen LogP contribution in [0.25, 0.3) is 0 Å². The van der Waals surface area contributed by atoms with Crippen LogP contribution < -0.4 is 4.74 Å². The molecule has 0 radical (unpaired) electrons. The Balaban J connectivity index is 1.54. The van der Waals surface area contributed by atoms with Gasteiger partial charge in [-0.05, 0) is 45.2 Å². The fourth-order valence-electron chi connectivity index (χ4n) is 3.44. The molecule has 2 fully saturated rings. The van der Waals surface area contributed by atoms with E-state index in [0.29, 0.717) is 5.92 Å². The molecule has 2 heterocycles. The van der Waals surface area contributed by atoms with E-state index in [4.69, 9.17) is 9.26 Å². The van der Waals surface area contributed by atoms with Gasteiger partial charge in [-0.2, -0.15) is 4.98 Å². The minimum absolute atomic E-state index is 0.261. The summed E-state index contributed by atoms with van der Waals surface area (Å²) in [5.41, 5.74) is 2.48. The number of likely N-dealkylation sites (tertiary alicyclic amines) is 1. The first-order chi connectivity index (χ1) is 11.2. The van der Waals surface area contributed by atoms with Crippen molar-refractivity contribution in [2.75, 3.05) is 13.7 Å². The Hall–Kier alpha value is -1.88. The highest BCUT2D eigenvalue weighted by atomic mass is 16.5. The smallest absolute Gasteiger partial charge is 0.229 e. The van der Waals surface area contributed by atoms with E-state index in [1.165, 1.54) is 30.4 Å². The molecule has 0 spiro atoms. The molecule has 0 bridgehead atoms. The van der Waals surface area contributed by atoms with Crippen LogP contribution in [0.2, 0.25) is 0 Å². The molecular weight excluding hydrogens is 290 g/mol. The SMILES string of the molecule is COc1ccc(C)cc1CN1CCC[C@H]1c1noc(C2CC2)n1. The maximum Gasteiger partial charge on any atom is 0.229 e. The van der Waals surface area contributed by atoms with Gasteiger partial charge in [0.25, 0.3) is 0 Å².